The number of carbonyl (C=O) groups is 2. The Bertz CT molecular complexity index is 1480. The Morgan fingerprint density at radius 1 is 1.12 bits per heavy atom. The molecular weight excluding hydrogens is 540 g/mol. The number of hydrogen-bond donors (Lipinski definition) is 2. The summed E-state index contributed by atoms with van der Waals surface area (Å²) in [6.07, 6.45) is 12.5. The van der Waals surface area contributed by atoms with E-state index in [0.717, 1.165) is 79.3 Å². The van der Waals surface area contributed by atoms with Crippen LogP contribution in [0, 0.1) is 5.92 Å². The number of amides is 3. The molecule has 1 aliphatic heterocycles. The van der Waals surface area contributed by atoms with Gasteiger partial charge < -0.3 is 29.4 Å². The van der Waals surface area contributed by atoms with Gasteiger partial charge >= 0.3 is 6.03 Å². The van der Waals surface area contributed by atoms with Crippen LogP contribution < -0.4 is 5.32 Å². The summed E-state index contributed by atoms with van der Waals surface area (Å²) >= 11 is 0. The minimum absolute atomic E-state index is 0.0306. The summed E-state index contributed by atoms with van der Waals surface area (Å²) in [4.78, 5) is 37.8. The Morgan fingerprint density at radius 3 is 2.65 bits per heavy atom. The zero-order valence-electron chi connectivity index (χ0n) is 25.6. The van der Waals surface area contributed by atoms with E-state index in [1.165, 1.54) is 0 Å². The third-order valence-electron chi connectivity index (χ3n) is 8.64. The van der Waals surface area contributed by atoms with Crippen LogP contribution in [0.4, 0.5) is 4.79 Å². The molecule has 0 saturated carbocycles. The number of nitrogens with zero attached hydrogens (tertiary/aromatic N) is 4. The van der Waals surface area contributed by atoms with Crippen LogP contribution in [0.25, 0.3) is 21.9 Å². The zero-order valence-corrected chi connectivity index (χ0v) is 25.6. The van der Waals surface area contributed by atoms with Gasteiger partial charge in [-0.1, -0.05) is 55.8 Å². The number of unbranched alkanes of at least 4 members (excludes halogenated alkanes) is 1. The van der Waals surface area contributed by atoms with Gasteiger partial charge in [-0.15, -0.1) is 0 Å². The van der Waals surface area contributed by atoms with Crippen LogP contribution in [0.15, 0.2) is 67.4 Å². The van der Waals surface area contributed by atoms with E-state index < -0.39 is 0 Å². The molecule has 3 heterocycles. The molecule has 1 fully saturated rings. The van der Waals surface area contributed by atoms with Gasteiger partial charge in [0.2, 0.25) is 0 Å². The molecule has 228 valence electrons. The highest BCUT2D eigenvalue weighted by Crippen LogP contribution is 2.36. The third kappa shape index (κ3) is 7.10. The summed E-state index contributed by atoms with van der Waals surface area (Å²) in [7, 11) is 3.47. The molecule has 2 N–H and O–H groups in total. The van der Waals surface area contributed by atoms with E-state index in [1.54, 1.807) is 18.3 Å². The largest absolute Gasteiger partial charge is 0.383 e. The average molecular weight is 585 g/mol. The van der Waals surface area contributed by atoms with E-state index >= 15 is 0 Å². The molecule has 1 unspecified atom stereocenters. The van der Waals surface area contributed by atoms with Crippen molar-refractivity contribution >= 4 is 22.7 Å². The summed E-state index contributed by atoms with van der Waals surface area (Å²) in [6, 6.07) is 14.6. The quantitative estimate of drug-likeness (QED) is 0.201. The fourth-order valence-corrected chi connectivity index (χ4v) is 6.06. The summed E-state index contributed by atoms with van der Waals surface area (Å²) in [5.41, 5.74) is 3.62. The second-order valence-corrected chi connectivity index (χ2v) is 11.6. The number of hydrogen-bond acceptors (Lipinski definition) is 4. The van der Waals surface area contributed by atoms with Gasteiger partial charge in [0.1, 0.15) is 0 Å². The van der Waals surface area contributed by atoms with E-state index in [0.29, 0.717) is 24.6 Å². The average Bonchev–Trinajstić information content (AvgIpc) is 3.73. The van der Waals surface area contributed by atoms with E-state index in [2.05, 4.69) is 63.3 Å². The Labute approximate surface area is 254 Å². The third-order valence-corrected chi connectivity index (χ3v) is 8.64. The summed E-state index contributed by atoms with van der Waals surface area (Å²) < 4.78 is 7.44. The van der Waals surface area contributed by atoms with Gasteiger partial charge in [-0.3, -0.25) is 4.79 Å². The molecule has 5 rings (SSSR count). The first-order valence-electron chi connectivity index (χ1n) is 15.4. The number of H-pyrrole nitrogens is 1. The maximum atomic E-state index is 13.9. The van der Waals surface area contributed by atoms with E-state index in [-0.39, 0.29) is 18.0 Å². The molecule has 1 saturated heterocycles. The zero-order chi connectivity index (χ0) is 30.2. The molecule has 0 spiro atoms. The summed E-state index contributed by atoms with van der Waals surface area (Å²) in [5.74, 6) is 0.393. The standard InChI is InChI=1S/C34H44N6O3/c1-4-5-15-36-34(42)39-16-13-25(14-17-39)20-32(31-21-35-24-37-31)40-22-29(30(23-40)33(41)38(2)18-19-43-3)28-12-8-10-26-9-6-7-11-27(26)28/h6-12,21-25,32H,4-5,13-20H2,1-3H3,(H,35,37)(H,36,42). The number of aromatic nitrogens is 3. The number of urea groups is 1. The van der Waals surface area contributed by atoms with Crippen LogP contribution in [0.5, 0.6) is 0 Å². The predicted octanol–water partition coefficient (Wildman–Crippen LogP) is 5.95. The van der Waals surface area contributed by atoms with Crippen molar-refractivity contribution < 1.29 is 14.3 Å². The first-order valence-corrected chi connectivity index (χ1v) is 15.4. The first kappa shape index (κ1) is 30.4. The Morgan fingerprint density at radius 2 is 1.91 bits per heavy atom. The van der Waals surface area contributed by atoms with Gasteiger partial charge in [0.15, 0.2) is 0 Å². The van der Waals surface area contributed by atoms with Gasteiger partial charge in [-0.25, -0.2) is 9.78 Å². The monoisotopic (exact) mass is 584 g/mol. The topological polar surface area (TPSA) is 95.5 Å². The van der Waals surface area contributed by atoms with Crippen molar-refractivity contribution in [3.63, 3.8) is 0 Å². The van der Waals surface area contributed by atoms with Gasteiger partial charge in [-0.05, 0) is 47.9 Å². The van der Waals surface area contributed by atoms with Crippen molar-refractivity contribution in [1.29, 1.82) is 0 Å². The number of aromatic amines is 1. The maximum Gasteiger partial charge on any atom is 0.317 e. The van der Waals surface area contributed by atoms with E-state index in [9.17, 15) is 9.59 Å². The van der Waals surface area contributed by atoms with Crippen LogP contribution in [0.3, 0.4) is 0 Å². The predicted molar refractivity (Wildman–Crippen MR) is 170 cm³/mol. The minimum Gasteiger partial charge on any atom is -0.383 e. The van der Waals surface area contributed by atoms with Crippen LogP contribution in [0.2, 0.25) is 0 Å². The number of carbonyl (C=O) groups excluding carboxylic acids is 2. The van der Waals surface area contributed by atoms with Crippen molar-refractivity contribution in [3.05, 3.63) is 78.6 Å². The molecule has 0 radical (unpaired) electrons. The highest BCUT2D eigenvalue weighted by molar-refractivity contribution is 6.06. The number of likely N-dealkylation sites (tertiary alicyclic amines) is 1. The van der Waals surface area contributed by atoms with Crippen molar-refractivity contribution in [2.75, 3.05) is 46.9 Å². The molecule has 1 aliphatic rings. The normalized spacial score (nSPS) is 14.6. The fourth-order valence-electron chi connectivity index (χ4n) is 6.06. The van der Waals surface area contributed by atoms with Gasteiger partial charge in [0.25, 0.3) is 5.91 Å². The van der Waals surface area contributed by atoms with Crippen LogP contribution in [-0.4, -0.2) is 83.2 Å². The van der Waals surface area contributed by atoms with Gasteiger partial charge in [0, 0.05) is 58.3 Å². The van der Waals surface area contributed by atoms with Gasteiger partial charge in [0.05, 0.1) is 36.4 Å². The molecule has 2 aromatic heterocycles. The fraction of sp³-hybridized carbons (Fsp3) is 0.441. The lowest BCUT2D eigenvalue weighted by Crippen LogP contribution is -2.44. The number of nitrogens with one attached hydrogen (secondary N) is 2. The molecule has 4 aromatic rings. The highest BCUT2D eigenvalue weighted by Gasteiger charge is 2.29. The Hall–Kier alpha value is -4.11. The maximum absolute atomic E-state index is 13.9. The van der Waals surface area contributed by atoms with Crippen LogP contribution in [-0.2, 0) is 4.74 Å². The van der Waals surface area contributed by atoms with E-state index in [4.69, 9.17) is 4.74 Å². The molecule has 9 nitrogen and oxygen atoms in total. The van der Waals surface area contributed by atoms with Crippen LogP contribution in [0.1, 0.15) is 61.1 Å². The number of fused-ring (bicyclic) bond motifs is 1. The first-order chi connectivity index (χ1) is 21.0. The molecule has 2 aromatic carbocycles. The van der Waals surface area contributed by atoms with Crippen LogP contribution >= 0.6 is 0 Å². The second-order valence-electron chi connectivity index (χ2n) is 11.6. The molecule has 9 heteroatoms. The number of ether oxygens (including phenoxy) is 1. The molecule has 43 heavy (non-hydrogen) atoms. The number of piperidine rings is 1. The number of methoxy groups -OCH3 is 1. The van der Waals surface area contributed by atoms with Gasteiger partial charge in [-0.2, -0.15) is 0 Å². The number of likely N-dealkylation sites (N-methyl/N-ethyl adjacent to an activating group) is 1. The number of benzene rings is 2. The molecule has 3 amide bonds. The molecular formula is C34H44N6O3. The van der Waals surface area contributed by atoms with E-state index in [1.807, 2.05) is 36.5 Å². The number of imidazole rings is 1. The minimum atomic E-state index is -0.0375. The summed E-state index contributed by atoms with van der Waals surface area (Å²) in [5, 5.41) is 5.30. The smallest absolute Gasteiger partial charge is 0.317 e. The summed E-state index contributed by atoms with van der Waals surface area (Å²) in [6.45, 7) is 5.33. The van der Waals surface area contributed by atoms with Crippen molar-refractivity contribution in [3.8, 4) is 11.1 Å². The molecule has 0 aliphatic carbocycles. The second kappa shape index (κ2) is 14.4. The molecule has 0 bridgehead atoms. The lowest BCUT2D eigenvalue weighted by Gasteiger charge is -2.34. The lowest BCUT2D eigenvalue weighted by molar-refractivity contribution is 0.0745. The lowest BCUT2D eigenvalue weighted by atomic mass is 9.89. The van der Waals surface area contributed by atoms with Crippen molar-refractivity contribution in [2.24, 2.45) is 5.92 Å². The Balaban J connectivity index is 1.45. The highest BCUT2D eigenvalue weighted by atomic mass is 16.5. The SMILES string of the molecule is CCCCNC(=O)N1CCC(CC(c2cnc[nH]2)n2cc(C(=O)N(C)CCOC)c(-c3cccc4ccccc34)c2)CC1. The number of rotatable bonds is 12. The molecule has 1 atom stereocenters. The van der Waals surface area contributed by atoms with Crippen molar-refractivity contribution in [1.82, 2.24) is 29.7 Å². The van der Waals surface area contributed by atoms with Crippen molar-refractivity contribution in [2.45, 2.75) is 45.1 Å². The Kier molecular flexibility index (Phi) is 10.1.